The molecule has 0 fully saturated rings. The average Bonchev–Trinajstić information content (AvgIpc) is 2.43. The minimum atomic E-state index is -4.90. The second-order valence-electron chi connectivity index (χ2n) is 3.81. The van der Waals surface area contributed by atoms with E-state index in [0.717, 1.165) is 30.6 Å². The number of nitrogens with one attached hydrogen (secondary N) is 1. The van der Waals surface area contributed by atoms with Gasteiger partial charge in [-0.05, 0) is 12.1 Å². The fraction of sp³-hybridized carbons (Fsp3) is 0.0833. The van der Waals surface area contributed by atoms with Crippen LogP contribution in [0, 0.1) is 11.6 Å². The topological polar surface area (TPSA) is 54.9 Å². The molecular formula is C12H6F5N3O. The molecule has 9 heteroatoms. The highest BCUT2D eigenvalue weighted by Gasteiger charge is 2.38. The van der Waals surface area contributed by atoms with Crippen LogP contribution in [-0.4, -0.2) is 15.9 Å². The Hall–Kier alpha value is -2.58. The van der Waals surface area contributed by atoms with Crippen LogP contribution in [0.3, 0.4) is 0 Å². The standard InChI is InChI=1S/C12H6F5N3O/c13-6-2-1-3-7(8(6)14)20-11(21)9-10(12(15,16)17)19-5-4-18-9/h1-5H,(H,20,21). The highest BCUT2D eigenvalue weighted by molar-refractivity contribution is 6.03. The number of nitrogens with zero attached hydrogens (tertiary/aromatic N) is 2. The molecule has 0 aliphatic heterocycles. The van der Waals surface area contributed by atoms with Crippen LogP contribution >= 0.6 is 0 Å². The van der Waals surface area contributed by atoms with Gasteiger partial charge >= 0.3 is 6.18 Å². The Kier molecular flexibility index (Phi) is 3.83. The van der Waals surface area contributed by atoms with Crippen molar-refractivity contribution in [3.8, 4) is 0 Å². The van der Waals surface area contributed by atoms with Crippen LogP contribution in [0.15, 0.2) is 30.6 Å². The van der Waals surface area contributed by atoms with Gasteiger partial charge in [0.1, 0.15) is 0 Å². The smallest absolute Gasteiger partial charge is 0.318 e. The van der Waals surface area contributed by atoms with Gasteiger partial charge in [0.2, 0.25) is 0 Å². The van der Waals surface area contributed by atoms with E-state index in [1.807, 2.05) is 5.32 Å². The number of hydrogen-bond acceptors (Lipinski definition) is 3. The molecule has 1 heterocycles. The lowest BCUT2D eigenvalue weighted by atomic mass is 10.2. The summed E-state index contributed by atoms with van der Waals surface area (Å²) in [7, 11) is 0. The van der Waals surface area contributed by atoms with Gasteiger partial charge in [-0.3, -0.25) is 4.79 Å². The molecule has 1 amide bonds. The zero-order valence-electron chi connectivity index (χ0n) is 10.1. The third kappa shape index (κ3) is 3.12. The van der Waals surface area contributed by atoms with E-state index >= 15 is 0 Å². The zero-order valence-corrected chi connectivity index (χ0v) is 10.1. The largest absolute Gasteiger partial charge is 0.435 e. The number of halogens is 5. The van der Waals surface area contributed by atoms with Crippen molar-refractivity contribution in [2.75, 3.05) is 5.32 Å². The van der Waals surface area contributed by atoms with Crippen LogP contribution < -0.4 is 5.32 Å². The van der Waals surface area contributed by atoms with Crippen molar-refractivity contribution in [1.29, 1.82) is 0 Å². The fourth-order valence-corrected chi connectivity index (χ4v) is 1.49. The number of alkyl halides is 3. The summed E-state index contributed by atoms with van der Waals surface area (Å²) >= 11 is 0. The van der Waals surface area contributed by atoms with E-state index in [0.29, 0.717) is 0 Å². The van der Waals surface area contributed by atoms with Crippen LogP contribution in [0.25, 0.3) is 0 Å². The molecule has 2 aromatic rings. The Bertz CT molecular complexity index is 687. The second kappa shape index (κ2) is 5.43. The van der Waals surface area contributed by atoms with Crippen molar-refractivity contribution < 1.29 is 26.7 Å². The number of carbonyl (C=O) groups is 1. The fourth-order valence-electron chi connectivity index (χ4n) is 1.49. The molecule has 0 saturated carbocycles. The maximum absolute atomic E-state index is 13.4. The Morgan fingerprint density at radius 3 is 2.43 bits per heavy atom. The Morgan fingerprint density at radius 2 is 1.76 bits per heavy atom. The molecule has 0 radical (unpaired) electrons. The first-order valence-electron chi connectivity index (χ1n) is 5.44. The quantitative estimate of drug-likeness (QED) is 0.868. The van der Waals surface area contributed by atoms with Crippen LogP contribution in [0.5, 0.6) is 0 Å². The first-order chi connectivity index (χ1) is 9.80. The molecule has 2 rings (SSSR count). The SMILES string of the molecule is O=C(Nc1cccc(F)c1F)c1nccnc1C(F)(F)F. The van der Waals surface area contributed by atoms with Crippen molar-refractivity contribution in [2.45, 2.75) is 6.18 Å². The van der Waals surface area contributed by atoms with E-state index in [4.69, 9.17) is 0 Å². The number of rotatable bonds is 2. The monoisotopic (exact) mass is 303 g/mol. The molecular weight excluding hydrogens is 297 g/mol. The third-order valence-corrected chi connectivity index (χ3v) is 2.38. The van der Waals surface area contributed by atoms with Crippen LogP contribution in [0.2, 0.25) is 0 Å². The first-order valence-corrected chi connectivity index (χ1v) is 5.44. The number of carbonyl (C=O) groups excluding carboxylic acids is 1. The summed E-state index contributed by atoms with van der Waals surface area (Å²) in [5.41, 5.74) is -3.15. The number of aromatic nitrogens is 2. The van der Waals surface area contributed by atoms with E-state index in [9.17, 15) is 26.7 Å². The summed E-state index contributed by atoms with van der Waals surface area (Å²) in [5, 5.41) is 1.82. The van der Waals surface area contributed by atoms with Gasteiger partial charge in [-0.2, -0.15) is 13.2 Å². The van der Waals surface area contributed by atoms with Crippen molar-refractivity contribution in [1.82, 2.24) is 9.97 Å². The predicted molar refractivity (Wildman–Crippen MR) is 61.3 cm³/mol. The second-order valence-corrected chi connectivity index (χ2v) is 3.81. The van der Waals surface area contributed by atoms with Gasteiger partial charge in [0.25, 0.3) is 5.91 Å². The van der Waals surface area contributed by atoms with Gasteiger partial charge < -0.3 is 5.32 Å². The lowest BCUT2D eigenvalue weighted by Crippen LogP contribution is -2.22. The van der Waals surface area contributed by atoms with E-state index < -0.39 is 40.8 Å². The Morgan fingerprint density at radius 1 is 1.10 bits per heavy atom. The maximum atomic E-state index is 13.4. The van der Waals surface area contributed by atoms with Gasteiger partial charge in [-0.1, -0.05) is 6.07 Å². The van der Waals surface area contributed by atoms with Gasteiger partial charge in [0, 0.05) is 12.4 Å². The summed E-state index contributed by atoms with van der Waals surface area (Å²) in [4.78, 5) is 18.1. The number of hydrogen-bond donors (Lipinski definition) is 1. The summed E-state index contributed by atoms with van der Waals surface area (Å²) in [5.74, 6) is -3.98. The Balaban J connectivity index is 2.36. The van der Waals surface area contributed by atoms with Gasteiger partial charge in [0.05, 0.1) is 5.69 Å². The molecule has 0 bridgehead atoms. The van der Waals surface area contributed by atoms with Gasteiger partial charge in [-0.15, -0.1) is 0 Å². The van der Waals surface area contributed by atoms with Gasteiger partial charge in [-0.25, -0.2) is 18.7 Å². The van der Waals surface area contributed by atoms with Crippen LogP contribution in [0.1, 0.15) is 16.2 Å². The summed E-state index contributed by atoms with van der Waals surface area (Å²) < 4.78 is 64.4. The molecule has 0 unspecified atom stereocenters. The van der Waals surface area contributed by atoms with Crippen molar-refractivity contribution in [2.24, 2.45) is 0 Å². The molecule has 1 N–H and O–H groups in total. The highest BCUT2D eigenvalue weighted by atomic mass is 19.4. The summed E-state index contributed by atoms with van der Waals surface area (Å²) in [6, 6.07) is 2.89. The maximum Gasteiger partial charge on any atom is 0.435 e. The van der Waals surface area contributed by atoms with E-state index in [-0.39, 0.29) is 0 Å². The van der Waals surface area contributed by atoms with Crippen molar-refractivity contribution >= 4 is 11.6 Å². The lowest BCUT2D eigenvalue weighted by Gasteiger charge is -2.11. The first kappa shape index (κ1) is 14.8. The molecule has 1 aromatic heterocycles. The molecule has 110 valence electrons. The molecule has 0 saturated heterocycles. The zero-order chi connectivity index (χ0) is 15.6. The van der Waals surface area contributed by atoms with E-state index in [2.05, 4.69) is 9.97 Å². The van der Waals surface area contributed by atoms with Crippen LogP contribution in [-0.2, 0) is 6.18 Å². The highest BCUT2D eigenvalue weighted by Crippen LogP contribution is 2.29. The molecule has 0 aliphatic carbocycles. The molecule has 0 spiro atoms. The van der Waals surface area contributed by atoms with Crippen LogP contribution in [0.4, 0.5) is 27.6 Å². The third-order valence-electron chi connectivity index (χ3n) is 2.38. The predicted octanol–water partition coefficient (Wildman–Crippen LogP) is 3.03. The van der Waals surface area contributed by atoms with E-state index in [1.165, 1.54) is 0 Å². The Labute approximate surface area is 114 Å². The lowest BCUT2D eigenvalue weighted by molar-refractivity contribution is -0.141. The minimum absolute atomic E-state index is 0.598. The number of amides is 1. The molecule has 0 atom stereocenters. The van der Waals surface area contributed by atoms with Gasteiger partial charge in [0.15, 0.2) is 23.0 Å². The molecule has 4 nitrogen and oxygen atoms in total. The number of anilines is 1. The van der Waals surface area contributed by atoms with E-state index in [1.54, 1.807) is 0 Å². The van der Waals surface area contributed by atoms with Crippen molar-refractivity contribution in [3.63, 3.8) is 0 Å². The summed E-state index contributed by atoms with van der Waals surface area (Å²) in [6.07, 6.45) is -3.25. The molecule has 1 aromatic carbocycles. The normalized spacial score (nSPS) is 11.3. The molecule has 21 heavy (non-hydrogen) atoms. The molecule has 0 aliphatic rings. The summed E-state index contributed by atoms with van der Waals surface area (Å²) in [6.45, 7) is 0. The minimum Gasteiger partial charge on any atom is -0.318 e. The average molecular weight is 303 g/mol. The number of benzene rings is 1. The van der Waals surface area contributed by atoms with Crippen molar-refractivity contribution in [3.05, 3.63) is 53.6 Å².